The van der Waals surface area contributed by atoms with E-state index in [0.29, 0.717) is 10.0 Å². The van der Waals surface area contributed by atoms with E-state index in [1.54, 1.807) is 6.07 Å². The van der Waals surface area contributed by atoms with Crippen LogP contribution in [0.2, 0.25) is 10.0 Å². The molecule has 2 aromatic carbocycles. The molecule has 0 bridgehead atoms. The summed E-state index contributed by atoms with van der Waals surface area (Å²) in [6.45, 7) is 1.93. The van der Waals surface area contributed by atoms with Crippen molar-refractivity contribution in [2.75, 3.05) is 0 Å². The maximum atomic E-state index is 6.50. The van der Waals surface area contributed by atoms with E-state index >= 15 is 0 Å². The van der Waals surface area contributed by atoms with E-state index in [9.17, 15) is 0 Å². The minimum atomic E-state index is -0.447. The monoisotopic (exact) mass is 476 g/mol. The number of benzene rings is 2. The van der Waals surface area contributed by atoms with Gasteiger partial charge in [0, 0.05) is 27.0 Å². The minimum absolute atomic E-state index is 0.0263. The lowest BCUT2D eigenvalue weighted by Crippen LogP contribution is -2.33. The van der Waals surface area contributed by atoms with E-state index in [4.69, 9.17) is 37.5 Å². The van der Waals surface area contributed by atoms with E-state index in [0.717, 1.165) is 45.0 Å². The number of halogens is 3. The van der Waals surface area contributed by atoms with Gasteiger partial charge in [-0.1, -0.05) is 45.2 Å². The quantitative estimate of drug-likeness (QED) is 0.402. The summed E-state index contributed by atoms with van der Waals surface area (Å²) in [4.78, 5) is 0. The van der Waals surface area contributed by atoms with Crippen molar-refractivity contribution < 1.29 is 9.15 Å². The molecule has 0 spiro atoms. The molecule has 0 saturated heterocycles. The Balaban J connectivity index is 1.63. The standard InChI is InChI=1S/C21H15BrCl2N2O2/c1-11-2-6-20(27-11)17-10-18-15-8-12(22)3-7-19(15)28-21(26(18)25-17)14-5-4-13(23)9-16(14)24/h2-9,18,21H,10H2,1H3/t18-,21+/m0/s1. The first-order chi connectivity index (χ1) is 13.5. The lowest BCUT2D eigenvalue weighted by atomic mass is 9.97. The van der Waals surface area contributed by atoms with Gasteiger partial charge in [0.25, 0.3) is 0 Å². The predicted molar refractivity (Wildman–Crippen MR) is 113 cm³/mol. The molecule has 0 aliphatic carbocycles. The number of hydrogen-bond acceptors (Lipinski definition) is 4. The van der Waals surface area contributed by atoms with Gasteiger partial charge in [0.2, 0.25) is 6.23 Å². The number of furan rings is 1. The Morgan fingerprint density at radius 3 is 2.68 bits per heavy atom. The fraction of sp³-hybridized carbons (Fsp3) is 0.190. The van der Waals surface area contributed by atoms with Crippen LogP contribution >= 0.6 is 39.1 Å². The molecule has 0 radical (unpaired) electrons. The van der Waals surface area contributed by atoms with E-state index in [-0.39, 0.29) is 6.04 Å². The SMILES string of the molecule is Cc1ccc(C2=NN3[C@@H](c4ccc(Cl)cc4Cl)Oc4ccc(Br)cc4[C@@H]3C2)o1. The average Bonchev–Trinajstić information content (AvgIpc) is 3.28. The van der Waals surface area contributed by atoms with Crippen LogP contribution < -0.4 is 4.74 Å². The normalized spacial score (nSPS) is 20.4. The topological polar surface area (TPSA) is 38.0 Å². The highest BCUT2D eigenvalue weighted by atomic mass is 79.9. The second-order valence-corrected chi connectivity index (χ2v) is 8.63. The predicted octanol–water partition coefficient (Wildman–Crippen LogP) is 6.90. The average molecular weight is 478 g/mol. The first kappa shape index (κ1) is 18.1. The summed E-state index contributed by atoms with van der Waals surface area (Å²) >= 11 is 16.1. The molecular formula is C21H15BrCl2N2O2. The Labute approximate surface area is 180 Å². The Kier molecular flexibility index (Phi) is 4.42. The third kappa shape index (κ3) is 3.02. The highest BCUT2D eigenvalue weighted by molar-refractivity contribution is 9.10. The van der Waals surface area contributed by atoms with Crippen molar-refractivity contribution in [2.24, 2.45) is 5.10 Å². The number of hydrogen-bond donors (Lipinski definition) is 0. The van der Waals surface area contributed by atoms with Crippen LogP contribution in [0, 0.1) is 6.92 Å². The van der Waals surface area contributed by atoms with Crippen LogP contribution in [0.1, 0.15) is 41.3 Å². The molecule has 28 heavy (non-hydrogen) atoms. The van der Waals surface area contributed by atoms with E-state index in [1.165, 1.54) is 0 Å². The molecule has 0 saturated carbocycles. The minimum Gasteiger partial charge on any atom is -0.464 e. The summed E-state index contributed by atoms with van der Waals surface area (Å²) in [7, 11) is 0. The van der Waals surface area contributed by atoms with Gasteiger partial charge in [0.1, 0.15) is 23.0 Å². The fourth-order valence-electron chi connectivity index (χ4n) is 3.70. The number of rotatable bonds is 2. The molecule has 2 aliphatic heterocycles. The highest BCUT2D eigenvalue weighted by Crippen LogP contribution is 2.49. The molecule has 142 valence electrons. The third-order valence-corrected chi connectivity index (χ3v) is 6.06. The zero-order valence-electron chi connectivity index (χ0n) is 14.8. The van der Waals surface area contributed by atoms with Crippen LogP contribution in [0.25, 0.3) is 0 Å². The van der Waals surface area contributed by atoms with Crippen molar-refractivity contribution in [3.05, 3.63) is 85.7 Å². The summed E-state index contributed by atoms with van der Waals surface area (Å²) in [5.41, 5.74) is 2.80. The number of ether oxygens (including phenoxy) is 1. The molecule has 7 heteroatoms. The van der Waals surface area contributed by atoms with Crippen LogP contribution in [0.3, 0.4) is 0 Å². The summed E-state index contributed by atoms with van der Waals surface area (Å²) in [5.74, 6) is 2.47. The van der Waals surface area contributed by atoms with Crippen LogP contribution in [-0.4, -0.2) is 10.7 Å². The first-order valence-electron chi connectivity index (χ1n) is 8.83. The Morgan fingerprint density at radius 1 is 1.07 bits per heavy atom. The van der Waals surface area contributed by atoms with Gasteiger partial charge in [0.05, 0.1) is 11.1 Å². The summed E-state index contributed by atoms with van der Waals surface area (Å²) in [5, 5.41) is 7.97. The first-order valence-corrected chi connectivity index (χ1v) is 10.4. The van der Waals surface area contributed by atoms with Gasteiger partial charge in [-0.2, -0.15) is 5.10 Å². The number of aryl methyl sites for hydroxylation is 1. The van der Waals surface area contributed by atoms with E-state index in [1.807, 2.05) is 48.3 Å². The molecule has 0 amide bonds. The summed E-state index contributed by atoms with van der Waals surface area (Å²) in [6, 6.07) is 15.4. The van der Waals surface area contributed by atoms with Gasteiger partial charge in [-0.25, -0.2) is 5.01 Å². The molecule has 2 aliphatic rings. The zero-order valence-corrected chi connectivity index (χ0v) is 17.9. The lowest BCUT2D eigenvalue weighted by Gasteiger charge is -2.38. The second-order valence-electron chi connectivity index (χ2n) is 6.88. The van der Waals surface area contributed by atoms with Gasteiger partial charge >= 0.3 is 0 Å². The zero-order chi connectivity index (χ0) is 19.4. The Hall–Kier alpha value is -1.95. The van der Waals surface area contributed by atoms with Crippen molar-refractivity contribution in [1.82, 2.24) is 5.01 Å². The molecular weight excluding hydrogens is 463 g/mol. The lowest BCUT2D eigenvalue weighted by molar-refractivity contribution is -0.0190. The molecule has 0 N–H and O–H groups in total. The maximum absolute atomic E-state index is 6.50. The van der Waals surface area contributed by atoms with Crippen LogP contribution in [0.5, 0.6) is 5.75 Å². The maximum Gasteiger partial charge on any atom is 0.215 e. The molecule has 4 nitrogen and oxygen atoms in total. The molecule has 0 unspecified atom stereocenters. The molecule has 5 rings (SSSR count). The van der Waals surface area contributed by atoms with Crippen molar-refractivity contribution in [3.8, 4) is 5.75 Å². The summed E-state index contributed by atoms with van der Waals surface area (Å²) < 4.78 is 13.2. The molecule has 3 heterocycles. The molecule has 3 aromatic rings. The van der Waals surface area contributed by atoms with Crippen molar-refractivity contribution in [2.45, 2.75) is 25.6 Å². The largest absolute Gasteiger partial charge is 0.464 e. The van der Waals surface area contributed by atoms with Crippen molar-refractivity contribution >= 4 is 44.8 Å². The Bertz CT molecular complexity index is 1110. The van der Waals surface area contributed by atoms with Crippen LogP contribution in [-0.2, 0) is 0 Å². The van der Waals surface area contributed by atoms with Crippen LogP contribution in [0.15, 0.2) is 62.5 Å². The number of hydrazone groups is 1. The number of fused-ring (bicyclic) bond motifs is 3. The highest BCUT2D eigenvalue weighted by Gasteiger charge is 2.42. The molecule has 1 aromatic heterocycles. The number of nitrogens with zero attached hydrogens (tertiary/aromatic N) is 2. The van der Waals surface area contributed by atoms with Gasteiger partial charge in [-0.05, 0) is 49.4 Å². The molecule has 0 fully saturated rings. The van der Waals surface area contributed by atoms with Gasteiger partial charge in [-0.15, -0.1) is 0 Å². The van der Waals surface area contributed by atoms with Gasteiger partial charge in [0.15, 0.2) is 0 Å². The van der Waals surface area contributed by atoms with Crippen molar-refractivity contribution in [3.63, 3.8) is 0 Å². The summed E-state index contributed by atoms with van der Waals surface area (Å²) in [6.07, 6.45) is 0.276. The fourth-order valence-corrected chi connectivity index (χ4v) is 4.58. The molecule has 2 atom stereocenters. The van der Waals surface area contributed by atoms with Gasteiger partial charge in [-0.3, -0.25) is 0 Å². The van der Waals surface area contributed by atoms with E-state index in [2.05, 4.69) is 22.0 Å². The Morgan fingerprint density at radius 2 is 1.93 bits per heavy atom. The van der Waals surface area contributed by atoms with Gasteiger partial charge < -0.3 is 9.15 Å². The van der Waals surface area contributed by atoms with Crippen LogP contribution in [0.4, 0.5) is 0 Å². The second kappa shape index (κ2) is 6.83. The third-order valence-electron chi connectivity index (χ3n) is 5.01. The van der Waals surface area contributed by atoms with E-state index < -0.39 is 6.23 Å². The smallest absolute Gasteiger partial charge is 0.215 e. The van der Waals surface area contributed by atoms with Crippen molar-refractivity contribution in [1.29, 1.82) is 0 Å².